The van der Waals surface area contributed by atoms with Crippen LogP contribution in [0.3, 0.4) is 0 Å². The number of fused-ring (bicyclic) bond motifs is 1. The third-order valence-corrected chi connectivity index (χ3v) is 3.80. The largest absolute Gasteiger partial charge is 0.474 e. The second-order valence-corrected chi connectivity index (χ2v) is 6.76. The van der Waals surface area contributed by atoms with Gasteiger partial charge in [0.2, 0.25) is 5.88 Å². The molecule has 2 aromatic heterocycles. The average Bonchev–Trinajstić information content (AvgIpc) is 2.85. The van der Waals surface area contributed by atoms with Crippen molar-refractivity contribution < 1.29 is 9.84 Å². The zero-order valence-electron chi connectivity index (χ0n) is 12.4. The van der Waals surface area contributed by atoms with E-state index >= 15 is 0 Å². The van der Waals surface area contributed by atoms with E-state index in [1.165, 1.54) is 11.3 Å². The minimum atomic E-state index is -0.634. The normalized spacial score (nSPS) is 13.1. The molecule has 0 aliphatic heterocycles. The van der Waals surface area contributed by atoms with E-state index in [1.807, 2.05) is 26.8 Å². The molecule has 0 aromatic carbocycles. The molecule has 0 fully saturated rings. The number of nitriles is 1. The van der Waals surface area contributed by atoms with Crippen molar-refractivity contribution in [3.8, 4) is 11.9 Å². The van der Waals surface area contributed by atoms with Gasteiger partial charge in [-0.25, -0.2) is 4.98 Å². The number of aliphatic hydroxyl groups is 1. The molecule has 5 nitrogen and oxygen atoms in total. The van der Waals surface area contributed by atoms with E-state index in [4.69, 9.17) is 10.00 Å². The van der Waals surface area contributed by atoms with E-state index < -0.39 is 6.10 Å². The molecule has 0 spiro atoms. The Balaban J connectivity index is 2.04. The minimum Gasteiger partial charge on any atom is -0.474 e. The molecule has 0 amide bonds. The fraction of sp³-hybridized carbons (Fsp3) is 0.467. The molecule has 0 aliphatic carbocycles. The highest BCUT2D eigenvalue weighted by Crippen LogP contribution is 2.31. The summed E-state index contributed by atoms with van der Waals surface area (Å²) in [6.07, 6.45) is 1.01. The van der Waals surface area contributed by atoms with Gasteiger partial charge in [-0.2, -0.15) is 5.26 Å². The number of hydrogen-bond acceptors (Lipinski definition) is 6. The molecule has 6 heteroatoms. The lowest BCUT2D eigenvalue weighted by Gasteiger charge is -2.22. The molecule has 1 unspecified atom stereocenters. The molecule has 0 radical (unpaired) electrons. The molecule has 2 heterocycles. The second-order valence-electron chi connectivity index (χ2n) is 5.85. The standard InChI is InChI=1S/C15H19N3O2S/c1-15(2,3)18-7-11(19)8-20-14-13-10(6-16)9-21-12(13)4-5-17-14/h4-5,9,11,18-19H,7-8H2,1-3H3. The van der Waals surface area contributed by atoms with Crippen molar-refractivity contribution in [3.63, 3.8) is 0 Å². The van der Waals surface area contributed by atoms with Gasteiger partial charge in [-0.05, 0) is 26.8 Å². The lowest BCUT2D eigenvalue weighted by molar-refractivity contribution is 0.0986. The fourth-order valence-corrected chi connectivity index (χ4v) is 2.67. The summed E-state index contributed by atoms with van der Waals surface area (Å²) in [5, 5.41) is 24.8. The van der Waals surface area contributed by atoms with Gasteiger partial charge in [-0.15, -0.1) is 11.3 Å². The highest BCUT2D eigenvalue weighted by Gasteiger charge is 2.15. The SMILES string of the molecule is CC(C)(C)NCC(O)COc1nccc2scc(C#N)c12. The first kappa shape index (κ1) is 15.7. The summed E-state index contributed by atoms with van der Waals surface area (Å²) in [5.41, 5.74) is 0.501. The number of aromatic nitrogens is 1. The van der Waals surface area contributed by atoms with E-state index in [2.05, 4.69) is 16.4 Å². The van der Waals surface area contributed by atoms with Gasteiger partial charge in [-0.3, -0.25) is 0 Å². The number of ether oxygens (including phenoxy) is 1. The molecule has 0 aliphatic rings. The Kier molecular flexibility index (Phi) is 4.78. The lowest BCUT2D eigenvalue weighted by Crippen LogP contribution is -2.42. The van der Waals surface area contributed by atoms with Crippen molar-refractivity contribution in [3.05, 3.63) is 23.2 Å². The highest BCUT2D eigenvalue weighted by molar-refractivity contribution is 7.17. The van der Waals surface area contributed by atoms with Crippen LogP contribution in [-0.2, 0) is 0 Å². The minimum absolute atomic E-state index is 0.0550. The van der Waals surface area contributed by atoms with Crippen LogP contribution >= 0.6 is 11.3 Å². The maximum atomic E-state index is 9.95. The van der Waals surface area contributed by atoms with E-state index in [9.17, 15) is 5.11 Å². The molecule has 0 saturated carbocycles. The first-order valence-electron chi connectivity index (χ1n) is 6.73. The van der Waals surface area contributed by atoms with Crippen molar-refractivity contribution >= 4 is 21.4 Å². The van der Waals surface area contributed by atoms with E-state index in [0.29, 0.717) is 18.0 Å². The summed E-state index contributed by atoms with van der Waals surface area (Å²) in [6.45, 7) is 6.68. The lowest BCUT2D eigenvalue weighted by atomic mass is 10.1. The van der Waals surface area contributed by atoms with Crippen molar-refractivity contribution in [2.24, 2.45) is 0 Å². The van der Waals surface area contributed by atoms with Crippen LogP contribution in [0.25, 0.3) is 10.1 Å². The summed E-state index contributed by atoms with van der Waals surface area (Å²) >= 11 is 1.48. The van der Waals surface area contributed by atoms with Crippen LogP contribution in [0, 0.1) is 11.3 Å². The van der Waals surface area contributed by atoms with Crippen molar-refractivity contribution in [1.29, 1.82) is 5.26 Å². The maximum Gasteiger partial charge on any atom is 0.223 e. The van der Waals surface area contributed by atoms with Gasteiger partial charge in [0.05, 0.1) is 10.9 Å². The zero-order valence-corrected chi connectivity index (χ0v) is 13.2. The van der Waals surface area contributed by atoms with E-state index in [0.717, 1.165) is 10.1 Å². The van der Waals surface area contributed by atoms with Crippen LogP contribution in [0.1, 0.15) is 26.3 Å². The number of β-amino-alcohol motifs (C(OH)–C–C–N with tert-alkyl or cyclic N) is 1. The number of nitrogens with one attached hydrogen (secondary N) is 1. The number of thiophene rings is 1. The molecule has 2 rings (SSSR count). The summed E-state index contributed by atoms with van der Waals surface area (Å²) in [5.74, 6) is 0.403. The quantitative estimate of drug-likeness (QED) is 0.886. The first-order chi connectivity index (χ1) is 9.90. The molecule has 2 N–H and O–H groups in total. The summed E-state index contributed by atoms with van der Waals surface area (Å²) in [6, 6.07) is 3.99. The molecule has 1 atom stereocenters. The smallest absolute Gasteiger partial charge is 0.223 e. The molecule has 0 bridgehead atoms. The van der Waals surface area contributed by atoms with Crippen LogP contribution in [0.15, 0.2) is 17.6 Å². The number of nitrogens with zero attached hydrogens (tertiary/aromatic N) is 2. The number of rotatable bonds is 5. The predicted molar refractivity (Wildman–Crippen MR) is 83.6 cm³/mol. The zero-order chi connectivity index (χ0) is 15.5. The molecule has 0 saturated heterocycles. The van der Waals surface area contributed by atoms with Crippen molar-refractivity contribution in [2.75, 3.05) is 13.2 Å². The van der Waals surface area contributed by atoms with Crippen LogP contribution in [0.2, 0.25) is 0 Å². The molecule has 112 valence electrons. The Morgan fingerprint density at radius 1 is 1.52 bits per heavy atom. The van der Waals surface area contributed by atoms with Crippen molar-refractivity contribution in [1.82, 2.24) is 10.3 Å². The van der Waals surface area contributed by atoms with Crippen molar-refractivity contribution in [2.45, 2.75) is 32.4 Å². The molecule has 2 aromatic rings. The van der Waals surface area contributed by atoms with Crippen LogP contribution in [0.5, 0.6) is 5.88 Å². The van der Waals surface area contributed by atoms with Gasteiger partial charge in [0.25, 0.3) is 0 Å². The summed E-state index contributed by atoms with van der Waals surface area (Å²) in [4.78, 5) is 4.17. The van der Waals surface area contributed by atoms with Gasteiger partial charge in [0, 0.05) is 28.4 Å². The number of pyridine rings is 1. The molecular formula is C15H19N3O2S. The maximum absolute atomic E-state index is 9.95. The Morgan fingerprint density at radius 3 is 2.95 bits per heavy atom. The van der Waals surface area contributed by atoms with Crippen LogP contribution in [0.4, 0.5) is 0 Å². The third-order valence-electron chi connectivity index (χ3n) is 2.85. The first-order valence-corrected chi connectivity index (χ1v) is 7.61. The number of hydrogen-bond donors (Lipinski definition) is 2. The van der Waals surface area contributed by atoms with Gasteiger partial charge in [0.15, 0.2) is 0 Å². The Hall–Kier alpha value is -1.68. The Morgan fingerprint density at radius 2 is 2.29 bits per heavy atom. The summed E-state index contributed by atoms with van der Waals surface area (Å²) < 4.78 is 6.56. The summed E-state index contributed by atoms with van der Waals surface area (Å²) in [7, 11) is 0. The van der Waals surface area contributed by atoms with Crippen LogP contribution < -0.4 is 10.1 Å². The average molecular weight is 305 g/mol. The van der Waals surface area contributed by atoms with Gasteiger partial charge in [0.1, 0.15) is 18.8 Å². The topological polar surface area (TPSA) is 78.2 Å². The predicted octanol–water partition coefficient (Wildman–Crippen LogP) is 2.30. The molecular weight excluding hydrogens is 286 g/mol. The number of aliphatic hydroxyl groups excluding tert-OH is 1. The van der Waals surface area contributed by atoms with E-state index in [-0.39, 0.29) is 12.1 Å². The Bertz CT molecular complexity index is 655. The second kappa shape index (κ2) is 6.39. The monoisotopic (exact) mass is 305 g/mol. The Labute approximate surface area is 128 Å². The van der Waals surface area contributed by atoms with Gasteiger partial charge >= 0.3 is 0 Å². The fourth-order valence-electron chi connectivity index (χ4n) is 1.80. The third kappa shape index (κ3) is 4.14. The van der Waals surface area contributed by atoms with Gasteiger partial charge in [-0.1, -0.05) is 0 Å². The molecule has 21 heavy (non-hydrogen) atoms. The highest BCUT2D eigenvalue weighted by atomic mass is 32.1. The van der Waals surface area contributed by atoms with E-state index in [1.54, 1.807) is 11.6 Å². The van der Waals surface area contributed by atoms with Crippen LogP contribution in [-0.4, -0.2) is 34.9 Å². The van der Waals surface area contributed by atoms with Gasteiger partial charge < -0.3 is 15.2 Å².